The van der Waals surface area contributed by atoms with E-state index < -0.39 is 12.1 Å². The number of carbonyl (C=O) groups excluding carboxylic acids is 1. The van der Waals surface area contributed by atoms with Crippen LogP contribution in [0, 0.1) is 5.92 Å². The third-order valence-electron chi connectivity index (χ3n) is 5.44. The van der Waals surface area contributed by atoms with Crippen LogP contribution < -0.4 is 5.32 Å². The van der Waals surface area contributed by atoms with E-state index in [-0.39, 0.29) is 17.9 Å². The Morgan fingerprint density at radius 2 is 1.75 bits per heavy atom. The van der Waals surface area contributed by atoms with E-state index in [2.05, 4.69) is 5.32 Å². The summed E-state index contributed by atoms with van der Waals surface area (Å²) in [5.41, 5.74) is 1.09. The Kier molecular flexibility index (Phi) is 7.84. The molecular weight excluding hydrogens is 412 g/mol. The monoisotopic (exact) mass is 442 g/mol. The summed E-state index contributed by atoms with van der Waals surface area (Å²) in [4.78, 5) is 24.2. The molecule has 0 radical (unpaired) electrons. The van der Waals surface area contributed by atoms with Crippen molar-refractivity contribution in [3.63, 3.8) is 0 Å². The van der Waals surface area contributed by atoms with Gasteiger partial charge < -0.3 is 24.6 Å². The molecule has 0 saturated carbocycles. The lowest BCUT2D eigenvalue weighted by molar-refractivity contribution is -0.146. The van der Waals surface area contributed by atoms with Gasteiger partial charge in [-0.25, -0.2) is 9.59 Å². The first-order valence-electron chi connectivity index (χ1n) is 10.6. The molecule has 0 aromatic heterocycles. The first-order valence-corrected chi connectivity index (χ1v) is 10.6. The van der Waals surface area contributed by atoms with Crippen molar-refractivity contribution in [1.82, 2.24) is 10.2 Å². The van der Waals surface area contributed by atoms with Crippen LogP contribution in [0.25, 0.3) is 0 Å². The number of carbonyl (C=O) groups is 2. The number of hydrogen-bond acceptors (Lipinski definition) is 6. The Hall–Kier alpha value is -2.94. The highest BCUT2D eigenvalue weighted by molar-refractivity contribution is 5.73. The molecular formula is C24H30N2O6. The number of aliphatic hydroxyl groups excluding tert-OH is 1. The predicted octanol–water partition coefficient (Wildman–Crippen LogP) is 2.78. The maximum absolute atomic E-state index is 12.2. The number of likely N-dealkylation sites (tertiary alicyclic amines) is 1. The highest BCUT2D eigenvalue weighted by atomic mass is 16.6. The lowest BCUT2D eigenvalue weighted by Gasteiger charge is -2.38. The third-order valence-corrected chi connectivity index (χ3v) is 5.44. The van der Waals surface area contributed by atoms with Gasteiger partial charge in [0.2, 0.25) is 0 Å². The fourth-order valence-corrected chi connectivity index (χ4v) is 3.74. The van der Waals surface area contributed by atoms with Crippen LogP contribution in [-0.2, 0) is 20.9 Å². The minimum absolute atomic E-state index is 0.243. The molecule has 3 N–H and O–H groups in total. The average Bonchev–Trinajstić information content (AvgIpc) is 3.21. The zero-order valence-corrected chi connectivity index (χ0v) is 18.3. The van der Waals surface area contributed by atoms with Gasteiger partial charge in [0.15, 0.2) is 6.10 Å². The van der Waals surface area contributed by atoms with Gasteiger partial charge >= 0.3 is 12.1 Å². The number of amides is 1. The number of hydrogen-bond donors (Lipinski definition) is 3. The normalized spacial score (nSPS) is 22.2. The second-order valence-corrected chi connectivity index (χ2v) is 8.43. The molecule has 3 atom stereocenters. The van der Waals surface area contributed by atoms with Crippen molar-refractivity contribution in [3.05, 3.63) is 71.8 Å². The van der Waals surface area contributed by atoms with E-state index in [1.54, 1.807) is 35.2 Å². The molecule has 8 nitrogen and oxygen atoms in total. The van der Waals surface area contributed by atoms with Crippen molar-refractivity contribution in [2.75, 3.05) is 19.7 Å². The van der Waals surface area contributed by atoms with Gasteiger partial charge in [0.1, 0.15) is 12.3 Å². The Labute approximate surface area is 187 Å². The second kappa shape index (κ2) is 10.6. The Morgan fingerprint density at radius 1 is 1.12 bits per heavy atom. The maximum Gasteiger partial charge on any atom is 0.410 e. The number of nitrogens with one attached hydrogen (secondary N) is 1. The molecule has 1 amide bonds. The van der Waals surface area contributed by atoms with Crippen LogP contribution in [-0.4, -0.2) is 58.6 Å². The van der Waals surface area contributed by atoms with Crippen LogP contribution in [0.2, 0.25) is 0 Å². The zero-order chi connectivity index (χ0) is 23.1. The van der Waals surface area contributed by atoms with Crippen LogP contribution in [0.3, 0.4) is 0 Å². The molecule has 2 aromatic carbocycles. The number of fused-ring (bicyclic) bond motifs is 1. The second-order valence-electron chi connectivity index (χ2n) is 8.43. The molecule has 0 unspecified atom stereocenters. The number of aliphatic carboxylic acids is 1. The van der Waals surface area contributed by atoms with E-state index in [0.717, 1.165) is 5.56 Å². The molecule has 2 aliphatic heterocycles. The molecule has 2 saturated heterocycles. The van der Waals surface area contributed by atoms with Crippen molar-refractivity contribution in [1.29, 1.82) is 0 Å². The predicted molar refractivity (Wildman–Crippen MR) is 118 cm³/mol. The standard InChI is InChI=1S/C16H22N2O3.C8H8O3/c1-16(2)17-14-9-18(8-13(14)11-21-16)15(19)20-10-12-6-4-3-5-7-12;9-7(8(10)11)6-4-2-1-3-5-6/h3-7,13-14,17H,8-11H2,1-2H3;1-5,7,9H,(H,10,11)/t13-,14-;7-/m11/s1. The highest BCUT2D eigenvalue weighted by Gasteiger charge is 2.42. The van der Waals surface area contributed by atoms with Gasteiger partial charge in [0.25, 0.3) is 0 Å². The first kappa shape index (κ1) is 23.7. The lowest BCUT2D eigenvalue weighted by atomic mass is 10.0. The fourth-order valence-electron chi connectivity index (χ4n) is 3.74. The number of aliphatic hydroxyl groups is 1. The molecule has 2 aromatic rings. The summed E-state index contributed by atoms with van der Waals surface area (Å²) in [5, 5.41) is 20.8. The minimum Gasteiger partial charge on any atom is -0.479 e. The Bertz CT molecular complexity index is 890. The Balaban J connectivity index is 0.000000222. The smallest absolute Gasteiger partial charge is 0.410 e. The van der Waals surface area contributed by atoms with Gasteiger partial charge in [-0.3, -0.25) is 5.32 Å². The number of carboxylic acids is 1. The van der Waals surface area contributed by atoms with E-state index in [1.807, 2.05) is 44.2 Å². The molecule has 0 spiro atoms. The van der Waals surface area contributed by atoms with Gasteiger partial charge in [0, 0.05) is 25.0 Å². The van der Waals surface area contributed by atoms with Gasteiger partial charge in [0.05, 0.1) is 6.61 Å². The van der Waals surface area contributed by atoms with E-state index in [0.29, 0.717) is 37.8 Å². The van der Waals surface area contributed by atoms with Crippen molar-refractivity contribution in [2.45, 2.75) is 38.3 Å². The summed E-state index contributed by atoms with van der Waals surface area (Å²) in [5.74, 6) is -0.876. The van der Waals surface area contributed by atoms with Crippen molar-refractivity contribution < 1.29 is 29.3 Å². The van der Waals surface area contributed by atoms with E-state index in [9.17, 15) is 9.59 Å². The molecule has 32 heavy (non-hydrogen) atoms. The lowest BCUT2D eigenvalue weighted by Crippen LogP contribution is -2.56. The van der Waals surface area contributed by atoms with Gasteiger partial charge in [-0.15, -0.1) is 0 Å². The topological polar surface area (TPSA) is 108 Å². The number of nitrogens with zero attached hydrogens (tertiary/aromatic N) is 1. The van der Waals surface area contributed by atoms with Crippen molar-refractivity contribution in [2.24, 2.45) is 5.92 Å². The molecule has 2 aliphatic rings. The average molecular weight is 443 g/mol. The van der Waals surface area contributed by atoms with Crippen molar-refractivity contribution in [3.8, 4) is 0 Å². The summed E-state index contributed by atoms with van der Waals surface area (Å²) in [6, 6.07) is 18.3. The summed E-state index contributed by atoms with van der Waals surface area (Å²) in [6.45, 7) is 6.42. The Morgan fingerprint density at radius 3 is 2.38 bits per heavy atom. The van der Waals surface area contributed by atoms with Gasteiger partial charge in [-0.2, -0.15) is 0 Å². The van der Waals surface area contributed by atoms with Crippen LogP contribution in [0.5, 0.6) is 0 Å². The van der Waals surface area contributed by atoms with E-state index >= 15 is 0 Å². The highest BCUT2D eigenvalue weighted by Crippen LogP contribution is 2.26. The van der Waals surface area contributed by atoms with Crippen molar-refractivity contribution >= 4 is 12.1 Å². The quantitative estimate of drug-likeness (QED) is 0.668. The molecule has 2 heterocycles. The van der Waals surface area contributed by atoms with Crippen LogP contribution in [0.4, 0.5) is 4.79 Å². The molecule has 2 fully saturated rings. The van der Waals surface area contributed by atoms with Crippen LogP contribution >= 0.6 is 0 Å². The molecule has 8 heteroatoms. The van der Waals surface area contributed by atoms with E-state index in [1.165, 1.54) is 0 Å². The number of rotatable bonds is 4. The fraction of sp³-hybridized carbons (Fsp3) is 0.417. The molecule has 4 rings (SSSR count). The molecule has 172 valence electrons. The number of carboxylic acid groups (broad SMARTS) is 1. The maximum atomic E-state index is 12.2. The summed E-state index contributed by atoms with van der Waals surface area (Å²) in [6.07, 6.45) is -1.65. The molecule has 0 bridgehead atoms. The third kappa shape index (κ3) is 6.53. The molecule has 0 aliphatic carbocycles. The van der Waals surface area contributed by atoms with Crippen LogP contribution in [0.1, 0.15) is 31.1 Å². The van der Waals surface area contributed by atoms with Gasteiger partial charge in [-0.05, 0) is 25.0 Å². The number of ether oxygens (including phenoxy) is 2. The summed E-state index contributed by atoms with van der Waals surface area (Å²) < 4.78 is 11.1. The largest absolute Gasteiger partial charge is 0.479 e. The minimum atomic E-state index is -1.41. The number of benzene rings is 2. The van der Waals surface area contributed by atoms with Crippen LogP contribution in [0.15, 0.2) is 60.7 Å². The SMILES string of the molecule is CC1(C)N[C@@H]2CN(C(=O)OCc3ccccc3)C[C@@H]2CO1.O=C(O)[C@H](O)c1ccccc1. The van der Waals surface area contributed by atoms with E-state index in [4.69, 9.17) is 19.7 Å². The zero-order valence-electron chi connectivity index (χ0n) is 18.3. The summed E-state index contributed by atoms with van der Waals surface area (Å²) in [7, 11) is 0. The first-order chi connectivity index (χ1) is 15.2. The summed E-state index contributed by atoms with van der Waals surface area (Å²) >= 11 is 0. The van der Waals surface area contributed by atoms with Gasteiger partial charge in [-0.1, -0.05) is 60.7 Å².